The molecule has 0 spiro atoms. The Morgan fingerprint density at radius 1 is 1.20 bits per heavy atom. The van der Waals surface area contributed by atoms with Crippen LogP contribution in [-0.4, -0.2) is 41.1 Å². The first-order chi connectivity index (χ1) is 14.5. The van der Waals surface area contributed by atoms with E-state index in [1.54, 1.807) is 11.3 Å². The van der Waals surface area contributed by atoms with Crippen LogP contribution in [0.5, 0.6) is 0 Å². The SMILES string of the molecule is CN(C)Cc1nc2sc3c(c2c(=O)n1CC(=O)OCCc1ccccc1)CCCC3. The molecule has 0 amide bonds. The fourth-order valence-electron chi connectivity index (χ4n) is 3.95. The summed E-state index contributed by atoms with van der Waals surface area (Å²) < 4.78 is 6.94. The maximum atomic E-state index is 13.4. The number of aryl methyl sites for hydroxylation is 2. The highest BCUT2D eigenvalue weighted by Gasteiger charge is 2.23. The zero-order valence-electron chi connectivity index (χ0n) is 17.5. The molecule has 0 N–H and O–H groups in total. The molecule has 3 aromatic rings. The molecular weight excluding hydrogens is 398 g/mol. The zero-order valence-corrected chi connectivity index (χ0v) is 18.3. The lowest BCUT2D eigenvalue weighted by Gasteiger charge is -2.16. The third kappa shape index (κ3) is 4.47. The highest BCUT2D eigenvalue weighted by Crippen LogP contribution is 2.33. The van der Waals surface area contributed by atoms with Gasteiger partial charge in [-0.05, 0) is 50.9 Å². The maximum absolute atomic E-state index is 13.4. The van der Waals surface area contributed by atoms with E-state index in [1.807, 2.05) is 49.3 Å². The van der Waals surface area contributed by atoms with Gasteiger partial charge in [0.25, 0.3) is 5.56 Å². The quantitative estimate of drug-likeness (QED) is 0.544. The van der Waals surface area contributed by atoms with Crippen molar-refractivity contribution in [2.45, 2.75) is 45.2 Å². The Labute approximate surface area is 180 Å². The minimum Gasteiger partial charge on any atom is -0.464 e. The van der Waals surface area contributed by atoms with Gasteiger partial charge in [-0.3, -0.25) is 14.2 Å². The molecular formula is C23H27N3O3S. The van der Waals surface area contributed by atoms with Crippen molar-refractivity contribution >= 4 is 27.5 Å². The van der Waals surface area contributed by atoms with E-state index in [0.717, 1.165) is 41.6 Å². The number of hydrogen-bond acceptors (Lipinski definition) is 6. The molecule has 6 nitrogen and oxygen atoms in total. The van der Waals surface area contributed by atoms with E-state index in [9.17, 15) is 9.59 Å². The molecule has 7 heteroatoms. The van der Waals surface area contributed by atoms with E-state index in [4.69, 9.17) is 9.72 Å². The Hall–Kier alpha value is -2.51. The molecule has 2 heterocycles. The lowest BCUT2D eigenvalue weighted by atomic mass is 9.97. The molecule has 4 rings (SSSR count). The predicted octanol–water partition coefficient (Wildman–Crippen LogP) is 3.18. The normalized spacial score (nSPS) is 13.6. The Morgan fingerprint density at radius 2 is 1.97 bits per heavy atom. The molecule has 30 heavy (non-hydrogen) atoms. The van der Waals surface area contributed by atoms with Crippen LogP contribution in [0.15, 0.2) is 35.1 Å². The standard InChI is InChI=1S/C23H27N3O3S/c1-25(2)14-19-24-22-21(17-10-6-7-11-18(17)30-22)23(28)26(19)15-20(27)29-13-12-16-8-4-3-5-9-16/h3-5,8-9H,6-7,10-15H2,1-2H3. The molecule has 0 saturated heterocycles. The molecule has 1 aliphatic carbocycles. The number of hydrogen-bond donors (Lipinski definition) is 0. The van der Waals surface area contributed by atoms with Crippen molar-refractivity contribution < 1.29 is 9.53 Å². The van der Waals surface area contributed by atoms with Gasteiger partial charge in [0, 0.05) is 11.3 Å². The molecule has 2 aromatic heterocycles. The lowest BCUT2D eigenvalue weighted by molar-refractivity contribution is -0.144. The number of ether oxygens (including phenoxy) is 1. The minimum absolute atomic E-state index is 0.107. The summed E-state index contributed by atoms with van der Waals surface area (Å²) in [5.74, 6) is 0.203. The highest BCUT2D eigenvalue weighted by molar-refractivity contribution is 7.18. The summed E-state index contributed by atoms with van der Waals surface area (Å²) in [6.45, 7) is 0.680. The molecule has 0 saturated carbocycles. The largest absolute Gasteiger partial charge is 0.464 e. The van der Waals surface area contributed by atoms with Crippen LogP contribution in [0.1, 0.15) is 34.7 Å². The molecule has 0 fully saturated rings. The van der Waals surface area contributed by atoms with E-state index in [1.165, 1.54) is 9.44 Å². The Bertz CT molecular complexity index is 1100. The van der Waals surface area contributed by atoms with E-state index < -0.39 is 5.97 Å². The zero-order chi connectivity index (χ0) is 21.1. The summed E-state index contributed by atoms with van der Waals surface area (Å²) in [5, 5.41) is 0.703. The van der Waals surface area contributed by atoms with Gasteiger partial charge in [0.1, 0.15) is 17.2 Å². The first-order valence-corrected chi connectivity index (χ1v) is 11.2. The average Bonchev–Trinajstić information content (AvgIpc) is 3.09. The number of carbonyl (C=O) groups is 1. The summed E-state index contributed by atoms with van der Waals surface area (Å²) in [7, 11) is 3.86. The Balaban J connectivity index is 1.58. The van der Waals surface area contributed by atoms with Gasteiger partial charge >= 0.3 is 5.97 Å². The molecule has 1 aromatic carbocycles. The monoisotopic (exact) mass is 425 g/mol. The van der Waals surface area contributed by atoms with Gasteiger partial charge in [-0.25, -0.2) is 4.98 Å². The van der Waals surface area contributed by atoms with Gasteiger partial charge in [-0.15, -0.1) is 11.3 Å². The van der Waals surface area contributed by atoms with Gasteiger partial charge in [0.05, 0.1) is 18.5 Å². The number of rotatable bonds is 7. The van der Waals surface area contributed by atoms with Gasteiger partial charge in [0.15, 0.2) is 0 Å². The summed E-state index contributed by atoms with van der Waals surface area (Å²) in [5.41, 5.74) is 2.14. The predicted molar refractivity (Wildman–Crippen MR) is 119 cm³/mol. The first kappa shape index (κ1) is 20.8. The van der Waals surface area contributed by atoms with Crippen LogP contribution in [0.3, 0.4) is 0 Å². The second-order valence-corrected chi connectivity index (χ2v) is 9.09. The van der Waals surface area contributed by atoms with Crippen molar-refractivity contribution in [2.24, 2.45) is 0 Å². The first-order valence-electron chi connectivity index (χ1n) is 10.4. The van der Waals surface area contributed by atoms with Crippen molar-refractivity contribution in [3.63, 3.8) is 0 Å². The number of nitrogens with zero attached hydrogens (tertiary/aromatic N) is 3. The lowest BCUT2D eigenvalue weighted by Crippen LogP contribution is -2.32. The molecule has 0 atom stereocenters. The van der Waals surface area contributed by atoms with E-state index in [2.05, 4.69) is 0 Å². The van der Waals surface area contributed by atoms with E-state index in [-0.39, 0.29) is 12.1 Å². The van der Waals surface area contributed by atoms with Gasteiger partial charge < -0.3 is 9.64 Å². The van der Waals surface area contributed by atoms with Crippen molar-refractivity contribution in [1.29, 1.82) is 0 Å². The smallest absolute Gasteiger partial charge is 0.326 e. The molecule has 0 radical (unpaired) electrons. The average molecular weight is 426 g/mol. The van der Waals surface area contributed by atoms with Gasteiger partial charge in [0.2, 0.25) is 0 Å². The van der Waals surface area contributed by atoms with Crippen LogP contribution >= 0.6 is 11.3 Å². The van der Waals surface area contributed by atoms with Crippen molar-refractivity contribution in [1.82, 2.24) is 14.5 Å². The number of aromatic nitrogens is 2. The van der Waals surface area contributed by atoms with Gasteiger partial charge in [-0.2, -0.15) is 0 Å². The van der Waals surface area contributed by atoms with E-state index >= 15 is 0 Å². The highest BCUT2D eigenvalue weighted by atomic mass is 32.1. The van der Waals surface area contributed by atoms with Crippen molar-refractivity contribution in [3.8, 4) is 0 Å². The number of fused-ring (bicyclic) bond motifs is 3. The van der Waals surface area contributed by atoms with Crippen LogP contribution in [0, 0.1) is 0 Å². The second-order valence-electron chi connectivity index (χ2n) is 8.00. The molecule has 0 aliphatic heterocycles. The second kappa shape index (κ2) is 9.10. The minimum atomic E-state index is -0.404. The Kier molecular flexibility index (Phi) is 6.29. The van der Waals surface area contributed by atoms with Crippen LogP contribution in [0.25, 0.3) is 10.2 Å². The number of thiophene rings is 1. The third-order valence-corrected chi connectivity index (χ3v) is 6.58. The van der Waals surface area contributed by atoms with Crippen LogP contribution in [0.4, 0.5) is 0 Å². The van der Waals surface area contributed by atoms with E-state index in [0.29, 0.717) is 30.8 Å². The summed E-state index contributed by atoms with van der Waals surface area (Å²) in [6.07, 6.45) is 4.84. The third-order valence-electron chi connectivity index (χ3n) is 5.40. The molecule has 0 unspecified atom stereocenters. The van der Waals surface area contributed by atoms with Crippen LogP contribution in [-0.2, 0) is 41.9 Å². The number of benzene rings is 1. The molecule has 1 aliphatic rings. The van der Waals surface area contributed by atoms with Crippen LogP contribution < -0.4 is 5.56 Å². The van der Waals surface area contributed by atoms with Crippen LogP contribution in [0.2, 0.25) is 0 Å². The number of esters is 1. The maximum Gasteiger partial charge on any atom is 0.326 e. The Morgan fingerprint density at radius 3 is 2.73 bits per heavy atom. The summed E-state index contributed by atoms with van der Waals surface area (Å²) in [6, 6.07) is 9.90. The summed E-state index contributed by atoms with van der Waals surface area (Å²) >= 11 is 1.64. The van der Waals surface area contributed by atoms with Crippen molar-refractivity contribution in [2.75, 3.05) is 20.7 Å². The van der Waals surface area contributed by atoms with Crippen molar-refractivity contribution in [3.05, 3.63) is 62.5 Å². The summed E-state index contributed by atoms with van der Waals surface area (Å²) in [4.78, 5) is 34.8. The molecule has 158 valence electrons. The van der Waals surface area contributed by atoms with Gasteiger partial charge in [-0.1, -0.05) is 30.3 Å². The fraction of sp³-hybridized carbons (Fsp3) is 0.435. The molecule has 0 bridgehead atoms. The topological polar surface area (TPSA) is 64.4 Å². The fourth-order valence-corrected chi connectivity index (χ4v) is 5.22. The number of carbonyl (C=O) groups excluding carboxylic acids is 1.